The van der Waals surface area contributed by atoms with Crippen LogP contribution in [0.15, 0.2) is 6.07 Å². The maximum absolute atomic E-state index is 12.3. The highest BCUT2D eigenvalue weighted by Gasteiger charge is 2.18. The van der Waals surface area contributed by atoms with E-state index in [1.54, 1.807) is 11.3 Å². The van der Waals surface area contributed by atoms with E-state index in [2.05, 4.69) is 10.1 Å². The fourth-order valence-corrected chi connectivity index (χ4v) is 3.79. The molecule has 0 aliphatic heterocycles. The average Bonchev–Trinajstić information content (AvgIpc) is 2.81. The maximum atomic E-state index is 12.3. The second kappa shape index (κ2) is 7.59. The molecule has 1 aliphatic rings. The Morgan fingerprint density at radius 2 is 2.00 bits per heavy atom. The van der Waals surface area contributed by atoms with Crippen molar-refractivity contribution in [2.75, 3.05) is 7.11 Å². The third-order valence-electron chi connectivity index (χ3n) is 3.80. The second-order valence-electron chi connectivity index (χ2n) is 5.63. The van der Waals surface area contributed by atoms with Gasteiger partial charge in [-0.05, 0) is 44.2 Å². The van der Waals surface area contributed by atoms with E-state index < -0.39 is 0 Å². The first-order valence-corrected chi connectivity index (χ1v) is 8.41. The highest BCUT2D eigenvalue weighted by Crippen LogP contribution is 2.28. The smallest absolute Gasteiger partial charge is 0.307 e. The van der Waals surface area contributed by atoms with Crippen LogP contribution in [0.25, 0.3) is 0 Å². The minimum atomic E-state index is -0.304. The predicted molar refractivity (Wildman–Crippen MR) is 83.8 cm³/mol. The number of amides is 1. The summed E-state index contributed by atoms with van der Waals surface area (Å²) in [6.45, 7) is 1.82. The molecule has 0 radical (unpaired) electrons. The summed E-state index contributed by atoms with van der Waals surface area (Å²) in [6, 6.07) is 1.82. The largest absolute Gasteiger partial charge is 0.469 e. The average molecular weight is 309 g/mol. The van der Waals surface area contributed by atoms with Crippen LogP contribution in [0.1, 0.15) is 59.1 Å². The van der Waals surface area contributed by atoms with E-state index in [4.69, 9.17) is 0 Å². The van der Waals surface area contributed by atoms with E-state index >= 15 is 0 Å². The highest BCUT2D eigenvalue weighted by molar-refractivity contribution is 7.14. The quantitative estimate of drug-likeness (QED) is 0.870. The Kier molecular flexibility index (Phi) is 5.79. The van der Waals surface area contributed by atoms with Crippen molar-refractivity contribution in [1.82, 2.24) is 5.32 Å². The minimum Gasteiger partial charge on any atom is -0.469 e. The summed E-state index contributed by atoms with van der Waals surface area (Å²) in [5.74, 6) is -0.385. The van der Waals surface area contributed by atoms with Crippen molar-refractivity contribution in [3.63, 3.8) is 0 Å². The van der Waals surface area contributed by atoms with E-state index in [1.807, 2.05) is 13.0 Å². The van der Waals surface area contributed by atoms with Gasteiger partial charge < -0.3 is 10.1 Å². The van der Waals surface area contributed by atoms with Crippen LogP contribution in [-0.2, 0) is 22.4 Å². The van der Waals surface area contributed by atoms with Crippen LogP contribution in [0.3, 0.4) is 0 Å². The van der Waals surface area contributed by atoms with E-state index in [0.29, 0.717) is 0 Å². The van der Waals surface area contributed by atoms with E-state index in [0.717, 1.165) is 17.7 Å². The molecule has 1 aliphatic carbocycles. The first-order chi connectivity index (χ1) is 10.1. The lowest BCUT2D eigenvalue weighted by Gasteiger charge is -2.11. The van der Waals surface area contributed by atoms with Crippen LogP contribution in [-0.4, -0.2) is 25.0 Å². The van der Waals surface area contributed by atoms with Crippen molar-refractivity contribution in [2.45, 2.75) is 57.9 Å². The molecular weight excluding hydrogens is 286 g/mol. The topological polar surface area (TPSA) is 55.4 Å². The number of hydrogen-bond acceptors (Lipinski definition) is 4. The summed E-state index contributed by atoms with van der Waals surface area (Å²) >= 11 is 1.60. The fourth-order valence-electron chi connectivity index (χ4n) is 2.64. The Labute approximate surface area is 129 Å². The van der Waals surface area contributed by atoms with Crippen LogP contribution in [0, 0.1) is 0 Å². The molecule has 1 aromatic rings. The van der Waals surface area contributed by atoms with Gasteiger partial charge in [-0.25, -0.2) is 0 Å². The van der Waals surface area contributed by atoms with Crippen molar-refractivity contribution < 1.29 is 14.3 Å². The monoisotopic (exact) mass is 309 g/mol. The lowest BCUT2D eigenvalue weighted by atomic mass is 10.00. The molecule has 0 fully saturated rings. The Balaban J connectivity index is 1.99. The van der Waals surface area contributed by atoms with Crippen molar-refractivity contribution in [2.24, 2.45) is 0 Å². The zero-order valence-corrected chi connectivity index (χ0v) is 13.6. The number of aryl methyl sites for hydroxylation is 2. The molecule has 1 atom stereocenters. The van der Waals surface area contributed by atoms with Gasteiger partial charge in [0.05, 0.1) is 18.4 Å². The number of fused-ring (bicyclic) bond motifs is 1. The number of carbonyl (C=O) groups is 2. The lowest BCUT2D eigenvalue weighted by Crippen LogP contribution is -2.34. The van der Waals surface area contributed by atoms with Gasteiger partial charge in [0, 0.05) is 10.9 Å². The summed E-state index contributed by atoms with van der Waals surface area (Å²) < 4.78 is 4.61. The van der Waals surface area contributed by atoms with Gasteiger partial charge in [0.25, 0.3) is 5.91 Å². The molecule has 1 aromatic heterocycles. The normalized spacial score (nSPS) is 16.3. The number of rotatable bonds is 4. The molecule has 116 valence electrons. The third-order valence-corrected chi connectivity index (χ3v) is 5.03. The molecule has 0 saturated heterocycles. The number of esters is 1. The zero-order valence-electron chi connectivity index (χ0n) is 12.7. The van der Waals surface area contributed by atoms with Crippen LogP contribution in [0.5, 0.6) is 0 Å². The number of hydrogen-bond donors (Lipinski definition) is 1. The Hall–Kier alpha value is -1.36. The molecule has 0 saturated carbocycles. The fraction of sp³-hybridized carbons (Fsp3) is 0.625. The minimum absolute atomic E-state index is 0.0804. The molecule has 0 aromatic carbocycles. The Bertz CT molecular complexity index is 484. The molecule has 0 spiro atoms. The number of thiophene rings is 1. The van der Waals surface area contributed by atoms with Crippen molar-refractivity contribution in [3.05, 3.63) is 21.4 Å². The first-order valence-electron chi connectivity index (χ1n) is 7.59. The van der Waals surface area contributed by atoms with Gasteiger partial charge in [-0.2, -0.15) is 0 Å². The SMILES string of the molecule is COC(=O)CC(C)NC(=O)c1cc2c(s1)CCCCCC2. The van der Waals surface area contributed by atoms with Gasteiger partial charge in [-0.3, -0.25) is 9.59 Å². The summed E-state index contributed by atoms with van der Waals surface area (Å²) in [7, 11) is 1.36. The number of methoxy groups -OCH3 is 1. The molecule has 5 heteroatoms. The van der Waals surface area contributed by atoms with Crippen LogP contribution >= 0.6 is 11.3 Å². The van der Waals surface area contributed by atoms with Gasteiger partial charge in [0.1, 0.15) is 0 Å². The molecule has 1 N–H and O–H groups in total. The van der Waals surface area contributed by atoms with Crippen molar-refractivity contribution in [3.8, 4) is 0 Å². The second-order valence-corrected chi connectivity index (χ2v) is 6.76. The van der Waals surface area contributed by atoms with E-state index in [-0.39, 0.29) is 24.3 Å². The maximum Gasteiger partial charge on any atom is 0.307 e. The Morgan fingerprint density at radius 3 is 2.71 bits per heavy atom. The summed E-state index contributed by atoms with van der Waals surface area (Å²) in [5, 5.41) is 2.87. The van der Waals surface area contributed by atoms with Gasteiger partial charge >= 0.3 is 5.97 Å². The van der Waals surface area contributed by atoms with E-state index in [9.17, 15) is 9.59 Å². The molecule has 21 heavy (non-hydrogen) atoms. The van der Waals surface area contributed by atoms with Crippen LogP contribution in [0.2, 0.25) is 0 Å². The number of carbonyl (C=O) groups excluding carboxylic acids is 2. The van der Waals surface area contributed by atoms with Gasteiger partial charge in [-0.15, -0.1) is 11.3 Å². The third kappa shape index (κ3) is 4.56. The molecule has 1 heterocycles. The molecule has 1 unspecified atom stereocenters. The van der Waals surface area contributed by atoms with Crippen LogP contribution < -0.4 is 5.32 Å². The zero-order chi connectivity index (χ0) is 15.2. The molecule has 0 bridgehead atoms. The van der Waals surface area contributed by atoms with Crippen LogP contribution in [0.4, 0.5) is 0 Å². The number of ether oxygens (including phenoxy) is 1. The van der Waals surface area contributed by atoms with Gasteiger partial charge in [-0.1, -0.05) is 12.8 Å². The molecule has 2 rings (SSSR count). The number of nitrogens with one attached hydrogen (secondary N) is 1. The van der Waals surface area contributed by atoms with Crippen molar-refractivity contribution in [1.29, 1.82) is 0 Å². The highest BCUT2D eigenvalue weighted by atomic mass is 32.1. The first kappa shape index (κ1) is 16.0. The Morgan fingerprint density at radius 1 is 1.29 bits per heavy atom. The van der Waals surface area contributed by atoms with E-state index in [1.165, 1.54) is 43.2 Å². The van der Waals surface area contributed by atoms with Gasteiger partial charge in [0.2, 0.25) is 0 Å². The predicted octanol–water partition coefficient (Wildman–Crippen LogP) is 3.09. The summed E-state index contributed by atoms with van der Waals surface area (Å²) in [4.78, 5) is 25.6. The molecular formula is C16H23NO3S. The molecule has 4 nitrogen and oxygen atoms in total. The molecule has 1 amide bonds. The lowest BCUT2D eigenvalue weighted by molar-refractivity contribution is -0.141. The van der Waals surface area contributed by atoms with Crippen molar-refractivity contribution >= 4 is 23.2 Å². The standard InChI is InChI=1S/C16H23NO3S/c1-11(9-15(18)20-2)17-16(19)14-10-12-7-5-3-4-6-8-13(12)21-14/h10-11H,3-9H2,1-2H3,(H,17,19). The summed E-state index contributed by atoms with van der Waals surface area (Å²) in [5.41, 5.74) is 1.34. The summed E-state index contributed by atoms with van der Waals surface area (Å²) in [6.07, 6.45) is 7.37. The van der Waals surface area contributed by atoms with Gasteiger partial charge in [0.15, 0.2) is 0 Å².